The molecule has 1 aromatic carbocycles. The van der Waals surface area contributed by atoms with E-state index in [1.54, 1.807) is 24.5 Å². The maximum atomic E-state index is 12.0. The van der Waals surface area contributed by atoms with Crippen LogP contribution in [-0.4, -0.2) is 30.0 Å². The molecule has 5 heteroatoms. The van der Waals surface area contributed by atoms with Gasteiger partial charge in [0.2, 0.25) is 0 Å². The monoisotopic (exact) mass is 310 g/mol. The summed E-state index contributed by atoms with van der Waals surface area (Å²) in [6.45, 7) is 0.421. The van der Waals surface area contributed by atoms with E-state index in [4.69, 9.17) is 4.74 Å². The number of aromatic nitrogens is 1. The van der Waals surface area contributed by atoms with Gasteiger partial charge in [0.05, 0.1) is 12.1 Å². The van der Waals surface area contributed by atoms with Gasteiger partial charge < -0.3 is 10.1 Å². The lowest BCUT2D eigenvalue weighted by Crippen LogP contribution is -2.28. The van der Waals surface area contributed by atoms with Crippen molar-refractivity contribution in [3.8, 4) is 0 Å². The number of aryl methyl sites for hydroxylation is 2. The Hall–Kier alpha value is -2.69. The molecule has 0 unspecified atom stereocenters. The second-order valence-corrected chi connectivity index (χ2v) is 5.46. The van der Waals surface area contributed by atoms with E-state index in [0.29, 0.717) is 11.1 Å². The van der Waals surface area contributed by atoms with Crippen LogP contribution in [0.25, 0.3) is 0 Å². The summed E-state index contributed by atoms with van der Waals surface area (Å²) < 4.78 is 5.21. The molecule has 0 saturated carbocycles. The summed E-state index contributed by atoms with van der Waals surface area (Å²) in [7, 11) is 0. The second-order valence-electron chi connectivity index (χ2n) is 5.46. The average Bonchev–Trinajstić information content (AvgIpc) is 3.06. The Morgan fingerprint density at radius 2 is 1.83 bits per heavy atom. The van der Waals surface area contributed by atoms with Crippen molar-refractivity contribution in [2.24, 2.45) is 0 Å². The predicted octanol–water partition coefficient (Wildman–Crippen LogP) is 2.16. The lowest BCUT2D eigenvalue weighted by Gasteiger charge is -2.08. The fourth-order valence-corrected chi connectivity index (χ4v) is 2.70. The first-order valence-electron chi connectivity index (χ1n) is 7.71. The Balaban J connectivity index is 1.45. The molecule has 0 bridgehead atoms. The normalized spacial score (nSPS) is 12.5. The highest BCUT2D eigenvalue weighted by Crippen LogP contribution is 2.23. The molecule has 118 valence electrons. The smallest absolute Gasteiger partial charge is 0.338 e. The van der Waals surface area contributed by atoms with Gasteiger partial charge in [0.25, 0.3) is 5.91 Å². The summed E-state index contributed by atoms with van der Waals surface area (Å²) in [5, 5.41) is 2.70. The minimum atomic E-state index is -0.349. The zero-order valence-corrected chi connectivity index (χ0v) is 12.7. The van der Waals surface area contributed by atoms with Crippen LogP contribution in [0.15, 0.2) is 42.7 Å². The lowest BCUT2D eigenvalue weighted by molar-refractivity contribution is 0.0503. The number of rotatable bonds is 5. The summed E-state index contributed by atoms with van der Waals surface area (Å²) in [4.78, 5) is 27.7. The first-order chi connectivity index (χ1) is 11.2. The van der Waals surface area contributed by atoms with Crippen LogP contribution in [0.2, 0.25) is 0 Å². The Labute approximate surface area is 134 Å². The van der Waals surface area contributed by atoms with E-state index in [1.165, 1.54) is 11.1 Å². The molecule has 1 heterocycles. The Kier molecular flexibility index (Phi) is 4.66. The zero-order chi connectivity index (χ0) is 16.1. The fourth-order valence-electron chi connectivity index (χ4n) is 2.70. The molecule has 1 amide bonds. The number of carbonyl (C=O) groups excluding carboxylic acids is 2. The van der Waals surface area contributed by atoms with Gasteiger partial charge in [0, 0.05) is 18.0 Å². The van der Waals surface area contributed by atoms with Gasteiger partial charge in [0.1, 0.15) is 6.61 Å². The molecule has 1 aliphatic carbocycles. The van der Waals surface area contributed by atoms with Crippen molar-refractivity contribution in [3.63, 3.8) is 0 Å². The topological polar surface area (TPSA) is 68.3 Å². The van der Waals surface area contributed by atoms with Crippen molar-refractivity contribution in [1.29, 1.82) is 0 Å². The number of fused-ring (bicyclic) bond motifs is 1. The summed E-state index contributed by atoms with van der Waals surface area (Å²) in [5.74, 6) is -0.557. The number of nitrogens with zero attached hydrogens (tertiary/aromatic N) is 1. The number of hydrogen-bond donors (Lipinski definition) is 1. The van der Waals surface area contributed by atoms with Crippen LogP contribution in [0.4, 0.5) is 0 Å². The molecule has 0 spiro atoms. The molecule has 23 heavy (non-hydrogen) atoms. The van der Waals surface area contributed by atoms with Gasteiger partial charge >= 0.3 is 5.97 Å². The number of benzene rings is 1. The minimum Gasteiger partial charge on any atom is -0.460 e. The average molecular weight is 310 g/mol. The van der Waals surface area contributed by atoms with Crippen LogP contribution in [0.3, 0.4) is 0 Å². The van der Waals surface area contributed by atoms with Crippen molar-refractivity contribution in [2.75, 3.05) is 13.2 Å². The maximum Gasteiger partial charge on any atom is 0.338 e. The molecule has 3 rings (SSSR count). The lowest BCUT2D eigenvalue weighted by atomic mass is 10.1. The van der Waals surface area contributed by atoms with Gasteiger partial charge in [0.15, 0.2) is 0 Å². The van der Waals surface area contributed by atoms with Crippen molar-refractivity contribution >= 4 is 11.9 Å². The summed E-state index contributed by atoms with van der Waals surface area (Å²) in [5.41, 5.74) is 3.67. The van der Waals surface area contributed by atoms with Gasteiger partial charge in [-0.3, -0.25) is 9.78 Å². The van der Waals surface area contributed by atoms with Crippen LogP contribution in [0.1, 0.15) is 38.3 Å². The van der Waals surface area contributed by atoms with E-state index in [1.807, 2.05) is 18.2 Å². The summed E-state index contributed by atoms with van der Waals surface area (Å²) >= 11 is 0. The Bertz CT molecular complexity index is 713. The molecular formula is C18H18N2O3. The van der Waals surface area contributed by atoms with Crippen LogP contribution < -0.4 is 5.32 Å². The largest absolute Gasteiger partial charge is 0.460 e. The first kappa shape index (κ1) is 15.2. The maximum absolute atomic E-state index is 12.0. The van der Waals surface area contributed by atoms with Gasteiger partial charge in [-0.25, -0.2) is 4.79 Å². The number of carbonyl (C=O) groups is 2. The molecule has 0 saturated heterocycles. The molecule has 0 aliphatic heterocycles. The minimum absolute atomic E-state index is 0.146. The summed E-state index contributed by atoms with van der Waals surface area (Å²) in [6.07, 6.45) is 6.38. The molecule has 1 aliphatic rings. The third-order valence-corrected chi connectivity index (χ3v) is 3.90. The molecule has 1 aromatic heterocycles. The molecule has 2 aromatic rings. The first-order valence-corrected chi connectivity index (χ1v) is 7.71. The van der Waals surface area contributed by atoms with Crippen LogP contribution in [0, 0.1) is 0 Å². The summed E-state index contributed by atoms with van der Waals surface area (Å²) in [6, 6.07) is 8.99. The highest BCUT2D eigenvalue weighted by atomic mass is 16.5. The van der Waals surface area contributed by atoms with E-state index in [0.717, 1.165) is 19.3 Å². The number of ether oxygens (including phenoxy) is 1. The van der Waals surface area contributed by atoms with E-state index in [9.17, 15) is 9.59 Å². The Morgan fingerprint density at radius 1 is 1.04 bits per heavy atom. The van der Waals surface area contributed by atoms with Crippen molar-refractivity contribution < 1.29 is 14.3 Å². The van der Waals surface area contributed by atoms with Crippen LogP contribution in [0.5, 0.6) is 0 Å². The number of pyridine rings is 1. The van der Waals surface area contributed by atoms with Crippen molar-refractivity contribution in [1.82, 2.24) is 10.3 Å². The number of nitrogens with one attached hydrogen (secondary N) is 1. The van der Waals surface area contributed by atoms with Crippen LogP contribution >= 0.6 is 0 Å². The standard InChI is InChI=1S/C18H18N2O3/c21-17(14-6-8-19-9-7-14)20-10-11-23-18(22)16-5-4-13-2-1-3-15(13)12-16/h4-9,12H,1-3,10-11H2,(H,20,21). The molecular weight excluding hydrogens is 292 g/mol. The van der Waals surface area contributed by atoms with Crippen molar-refractivity contribution in [2.45, 2.75) is 19.3 Å². The van der Waals surface area contributed by atoms with Gasteiger partial charge in [-0.1, -0.05) is 6.07 Å². The molecule has 0 atom stereocenters. The third kappa shape index (κ3) is 3.74. The van der Waals surface area contributed by atoms with Gasteiger partial charge in [-0.2, -0.15) is 0 Å². The van der Waals surface area contributed by atoms with Crippen molar-refractivity contribution in [3.05, 3.63) is 65.0 Å². The zero-order valence-electron chi connectivity index (χ0n) is 12.7. The molecule has 0 radical (unpaired) electrons. The van der Waals surface area contributed by atoms with Gasteiger partial charge in [-0.15, -0.1) is 0 Å². The highest BCUT2D eigenvalue weighted by molar-refractivity contribution is 5.94. The molecule has 1 N–H and O–H groups in total. The third-order valence-electron chi connectivity index (χ3n) is 3.90. The number of hydrogen-bond acceptors (Lipinski definition) is 4. The fraction of sp³-hybridized carbons (Fsp3) is 0.278. The van der Waals surface area contributed by atoms with Gasteiger partial charge in [-0.05, 0) is 54.7 Å². The second kappa shape index (κ2) is 7.05. The molecule has 5 nitrogen and oxygen atoms in total. The Morgan fingerprint density at radius 3 is 2.65 bits per heavy atom. The predicted molar refractivity (Wildman–Crippen MR) is 85.3 cm³/mol. The van der Waals surface area contributed by atoms with E-state index < -0.39 is 0 Å². The number of esters is 1. The molecule has 0 fully saturated rings. The van der Waals surface area contributed by atoms with E-state index in [2.05, 4.69) is 10.3 Å². The number of amides is 1. The van der Waals surface area contributed by atoms with Crippen LogP contribution in [-0.2, 0) is 17.6 Å². The van der Waals surface area contributed by atoms with E-state index >= 15 is 0 Å². The quantitative estimate of drug-likeness (QED) is 0.679. The van der Waals surface area contributed by atoms with E-state index in [-0.39, 0.29) is 25.0 Å². The SMILES string of the molecule is O=C(NCCOC(=O)c1ccc2c(c1)CCC2)c1ccncc1. The highest BCUT2D eigenvalue weighted by Gasteiger charge is 2.14.